The van der Waals surface area contributed by atoms with E-state index in [9.17, 15) is 28.8 Å². The molecule has 2 saturated heterocycles. The van der Waals surface area contributed by atoms with Gasteiger partial charge in [0.25, 0.3) is 0 Å². The van der Waals surface area contributed by atoms with E-state index in [-0.39, 0.29) is 81.7 Å². The van der Waals surface area contributed by atoms with Crippen molar-refractivity contribution in [2.45, 2.75) is 215 Å². The molecule has 0 bridgehead atoms. The van der Waals surface area contributed by atoms with E-state index in [2.05, 4.69) is 34.6 Å². The maximum absolute atomic E-state index is 13.2. The summed E-state index contributed by atoms with van der Waals surface area (Å²) in [6.45, 7) is 25.2. The molecule has 0 N–H and O–H groups in total. The molecule has 4 aliphatic carbocycles. The summed E-state index contributed by atoms with van der Waals surface area (Å²) in [5.41, 5.74) is -2.27. The number of epoxide rings is 1. The van der Waals surface area contributed by atoms with E-state index in [1.165, 1.54) is 41.5 Å². The second-order valence-electron chi connectivity index (χ2n) is 21.7. The molecular formula is C48H74O15. The fourth-order valence-corrected chi connectivity index (χ4v) is 14.2. The highest BCUT2D eigenvalue weighted by molar-refractivity contribution is 5.69. The summed E-state index contributed by atoms with van der Waals surface area (Å²) in [5, 5.41) is 0. The van der Waals surface area contributed by atoms with Crippen LogP contribution in [0.25, 0.3) is 0 Å². The van der Waals surface area contributed by atoms with Crippen molar-refractivity contribution in [3.05, 3.63) is 0 Å². The van der Waals surface area contributed by atoms with Crippen LogP contribution in [0.1, 0.15) is 155 Å². The number of fused-ring (bicyclic) bond motifs is 5. The average Bonchev–Trinajstić information content (AvgIpc) is 3.58. The van der Waals surface area contributed by atoms with Crippen LogP contribution in [-0.4, -0.2) is 103 Å². The molecule has 2 heterocycles. The highest BCUT2D eigenvalue weighted by Crippen LogP contribution is 2.76. The minimum Gasteiger partial charge on any atom is -0.463 e. The molecule has 0 amide bonds. The van der Waals surface area contributed by atoms with Crippen LogP contribution < -0.4 is 0 Å². The molecule has 0 spiro atoms. The van der Waals surface area contributed by atoms with Gasteiger partial charge in [0.05, 0.1) is 17.3 Å². The van der Waals surface area contributed by atoms with Gasteiger partial charge in [-0.25, -0.2) is 0 Å². The molecule has 6 aliphatic rings. The number of esters is 6. The monoisotopic (exact) mass is 891 g/mol. The predicted molar refractivity (Wildman–Crippen MR) is 225 cm³/mol. The molecule has 15 nitrogen and oxygen atoms in total. The Labute approximate surface area is 373 Å². The lowest BCUT2D eigenvalue weighted by atomic mass is 9.35. The normalized spacial score (nSPS) is 41.8. The van der Waals surface area contributed by atoms with Crippen molar-refractivity contribution in [1.29, 1.82) is 0 Å². The van der Waals surface area contributed by atoms with Gasteiger partial charge in [-0.2, -0.15) is 0 Å². The first-order valence-corrected chi connectivity index (χ1v) is 23.1. The number of carbonyl (C=O) groups excluding carboxylic acids is 6. The predicted octanol–water partition coefficient (Wildman–Crippen LogP) is 6.96. The molecular weight excluding hydrogens is 817 g/mol. The Morgan fingerprint density at radius 1 is 0.635 bits per heavy atom. The zero-order chi connectivity index (χ0) is 46.8. The van der Waals surface area contributed by atoms with Gasteiger partial charge in [-0.15, -0.1) is 0 Å². The Bertz CT molecular complexity index is 1790. The quantitative estimate of drug-likeness (QED) is 0.105. The smallest absolute Gasteiger partial charge is 0.303 e. The van der Waals surface area contributed by atoms with E-state index in [1.54, 1.807) is 0 Å². The Kier molecular flexibility index (Phi) is 13.6. The third-order valence-electron chi connectivity index (χ3n) is 17.1. The van der Waals surface area contributed by atoms with Gasteiger partial charge in [0.15, 0.2) is 24.6 Å². The molecule has 15 heteroatoms. The van der Waals surface area contributed by atoms with E-state index in [1.807, 2.05) is 20.8 Å². The topological polar surface area (TPSA) is 189 Å². The molecule has 0 aromatic heterocycles. The average molecular weight is 891 g/mol. The summed E-state index contributed by atoms with van der Waals surface area (Å²) >= 11 is 0. The SMILES string of the molecule is CC(=O)OC[C@H]1O[C@H](OC(C)(CCC2OC2(C)C)C2CC[C@]3(C)[C@@H]2C(OC(C)=O)CC2[C@@]4(C)CC[C@H](OC(C)=O)C(C)(C)C4CC[C@]23C)C(OC(C)=O)[C@@H](OC(C)=O)[C@@H]1OC(C)=O. The minimum absolute atomic E-state index is 0.0539. The summed E-state index contributed by atoms with van der Waals surface area (Å²) in [6.07, 6.45) is -0.534. The van der Waals surface area contributed by atoms with Crippen molar-refractivity contribution in [2.75, 3.05) is 6.61 Å². The third kappa shape index (κ3) is 9.27. The summed E-state index contributed by atoms with van der Waals surface area (Å²) in [7, 11) is 0. The van der Waals surface area contributed by atoms with Gasteiger partial charge in [-0.1, -0.05) is 34.6 Å². The lowest BCUT2D eigenvalue weighted by molar-refractivity contribution is -0.339. The molecule has 356 valence electrons. The Morgan fingerprint density at radius 2 is 1.19 bits per heavy atom. The molecule has 63 heavy (non-hydrogen) atoms. The van der Waals surface area contributed by atoms with Crippen LogP contribution in [0.4, 0.5) is 0 Å². The largest absolute Gasteiger partial charge is 0.463 e. The molecule has 2 aliphatic heterocycles. The standard InChI is InChI=1S/C48H74O15/c1-25(49)55-24-33-39(58-28(4)52)40(59-29(5)53)41(60-30(6)54)42(61-33)63-48(14,22-18-37-44(9,10)62-37)31-15-20-47(13)38(31)32(56-26(2)50)23-35-45(11)19-17-36(57-27(3)51)43(7,8)34(45)16-21-46(35,47)12/h31-42H,15-24H2,1-14H3/t31?,32?,33-,34?,35?,36+,37?,38+,39-,40+,41?,42-,45+,46-,47-,48?/m1/s1. The zero-order valence-corrected chi connectivity index (χ0v) is 40.1. The van der Waals surface area contributed by atoms with E-state index < -0.39 is 66.3 Å². The van der Waals surface area contributed by atoms with E-state index in [0.717, 1.165) is 38.5 Å². The Balaban J connectivity index is 1.43. The van der Waals surface area contributed by atoms with Gasteiger partial charge in [0.2, 0.25) is 0 Å². The van der Waals surface area contributed by atoms with Crippen LogP contribution in [-0.2, 0) is 71.4 Å². The first-order valence-electron chi connectivity index (χ1n) is 23.1. The van der Waals surface area contributed by atoms with E-state index in [4.69, 9.17) is 42.6 Å². The van der Waals surface area contributed by atoms with Gasteiger partial charge in [-0.3, -0.25) is 28.8 Å². The molecule has 7 unspecified atom stereocenters. The van der Waals surface area contributed by atoms with Crippen LogP contribution in [0.5, 0.6) is 0 Å². The van der Waals surface area contributed by atoms with Crippen molar-refractivity contribution in [2.24, 2.45) is 45.3 Å². The van der Waals surface area contributed by atoms with Crippen LogP contribution in [0.3, 0.4) is 0 Å². The molecule has 6 fully saturated rings. The maximum Gasteiger partial charge on any atom is 0.303 e. The molecule has 0 radical (unpaired) electrons. The Hall–Kier alpha value is -3.30. The number of rotatable bonds is 13. The Morgan fingerprint density at radius 3 is 1.75 bits per heavy atom. The van der Waals surface area contributed by atoms with Crippen LogP contribution in [0.15, 0.2) is 0 Å². The fraction of sp³-hybridized carbons (Fsp3) is 0.875. The van der Waals surface area contributed by atoms with Gasteiger partial charge in [0.1, 0.15) is 24.9 Å². The number of hydrogen-bond donors (Lipinski definition) is 0. The second-order valence-corrected chi connectivity index (χ2v) is 21.7. The third-order valence-corrected chi connectivity index (χ3v) is 17.1. The minimum atomic E-state index is -1.40. The van der Waals surface area contributed by atoms with Gasteiger partial charge in [-0.05, 0) is 113 Å². The lowest BCUT2D eigenvalue weighted by Gasteiger charge is -2.70. The molecule has 6 rings (SSSR count). The fourth-order valence-electron chi connectivity index (χ4n) is 14.2. The van der Waals surface area contributed by atoms with Gasteiger partial charge < -0.3 is 42.6 Å². The van der Waals surface area contributed by atoms with Crippen molar-refractivity contribution in [1.82, 2.24) is 0 Å². The first-order chi connectivity index (χ1) is 29.1. The molecule has 0 aromatic carbocycles. The summed E-state index contributed by atoms with van der Waals surface area (Å²) in [4.78, 5) is 75.7. The molecule has 4 saturated carbocycles. The number of carbonyl (C=O) groups is 6. The summed E-state index contributed by atoms with van der Waals surface area (Å²) in [6, 6.07) is 0. The first kappa shape index (κ1) is 49.1. The highest BCUT2D eigenvalue weighted by Gasteiger charge is 2.73. The van der Waals surface area contributed by atoms with Crippen molar-refractivity contribution in [3.8, 4) is 0 Å². The van der Waals surface area contributed by atoms with Crippen LogP contribution in [0, 0.1) is 45.3 Å². The number of hydrogen-bond acceptors (Lipinski definition) is 15. The molecule has 16 atom stereocenters. The van der Waals surface area contributed by atoms with Crippen molar-refractivity contribution < 1.29 is 71.4 Å². The number of ether oxygens (including phenoxy) is 9. The summed E-state index contributed by atoms with van der Waals surface area (Å²) < 4.78 is 55.2. The lowest BCUT2D eigenvalue weighted by Crippen LogP contribution is -2.67. The van der Waals surface area contributed by atoms with Gasteiger partial charge >= 0.3 is 35.8 Å². The van der Waals surface area contributed by atoms with Crippen LogP contribution >= 0.6 is 0 Å². The second kappa shape index (κ2) is 17.5. The van der Waals surface area contributed by atoms with Crippen LogP contribution in [0.2, 0.25) is 0 Å². The van der Waals surface area contributed by atoms with Crippen molar-refractivity contribution in [3.63, 3.8) is 0 Å². The van der Waals surface area contributed by atoms with E-state index in [0.29, 0.717) is 19.3 Å². The zero-order valence-electron chi connectivity index (χ0n) is 40.1. The highest BCUT2D eigenvalue weighted by atomic mass is 16.7. The summed E-state index contributed by atoms with van der Waals surface area (Å²) in [5.74, 6) is -3.33. The maximum atomic E-state index is 13.2. The van der Waals surface area contributed by atoms with E-state index >= 15 is 0 Å². The van der Waals surface area contributed by atoms with Crippen molar-refractivity contribution >= 4 is 35.8 Å². The van der Waals surface area contributed by atoms with Gasteiger partial charge in [0, 0.05) is 52.9 Å². The molecule has 0 aromatic rings.